The van der Waals surface area contributed by atoms with Gasteiger partial charge in [0.1, 0.15) is 11.5 Å². The summed E-state index contributed by atoms with van der Waals surface area (Å²) < 4.78 is 21.6. The molecule has 4 rings (SSSR count). The van der Waals surface area contributed by atoms with Crippen molar-refractivity contribution in [1.29, 1.82) is 0 Å². The molecular weight excluding hydrogens is 388 g/mol. The van der Waals surface area contributed by atoms with Gasteiger partial charge in [-0.3, -0.25) is 4.79 Å². The van der Waals surface area contributed by atoms with E-state index < -0.39 is 6.10 Å². The number of nitrogens with zero attached hydrogens (tertiary/aromatic N) is 4. The normalized spacial score (nSPS) is 16.6. The van der Waals surface area contributed by atoms with Gasteiger partial charge in [-0.05, 0) is 32.4 Å². The van der Waals surface area contributed by atoms with Crippen molar-refractivity contribution in [3.8, 4) is 17.1 Å². The Balaban J connectivity index is 1.40. The second kappa shape index (κ2) is 8.66. The Hall–Kier alpha value is -3.20. The Morgan fingerprint density at radius 3 is 2.90 bits per heavy atom. The smallest absolute Gasteiger partial charge is 0.257 e. The molecule has 3 heterocycles. The van der Waals surface area contributed by atoms with E-state index in [4.69, 9.17) is 18.5 Å². The lowest BCUT2D eigenvalue weighted by molar-refractivity contribution is -0.140. The molecule has 1 aliphatic rings. The van der Waals surface area contributed by atoms with Crippen molar-refractivity contribution in [2.45, 2.75) is 32.8 Å². The van der Waals surface area contributed by atoms with Gasteiger partial charge in [0.25, 0.3) is 5.89 Å². The van der Waals surface area contributed by atoms with E-state index in [1.807, 2.05) is 38.1 Å². The van der Waals surface area contributed by atoms with Crippen molar-refractivity contribution in [1.82, 2.24) is 20.2 Å². The molecule has 1 amide bonds. The fourth-order valence-corrected chi connectivity index (χ4v) is 3.52. The maximum Gasteiger partial charge on any atom is 0.257 e. The van der Waals surface area contributed by atoms with Gasteiger partial charge in [0, 0.05) is 24.1 Å². The van der Waals surface area contributed by atoms with Gasteiger partial charge in [-0.1, -0.05) is 22.4 Å². The van der Waals surface area contributed by atoms with Crippen LogP contribution in [0.3, 0.4) is 0 Å². The summed E-state index contributed by atoms with van der Waals surface area (Å²) in [5.41, 5.74) is 2.61. The third-order valence-corrected chi connectivity index (χ3v) is 5.23. The van der Waals surface area contributed by atoms with E-state index in [-0.39, 0.29) is 5.91 Å². The van der Waals surface area contributed by atoms with Crippen LogP contribution in [0.1, 0.15) is 35.4 Å². The molecule has 0 N–H and O–H groups in total. The van der Waals surface area contributed by atoms with Gasteiger partial charge in [-0.25, -0.2) is 0 Å². The maximum atomic E-state index is 12.7. The third-order valence-electron chi connectivity index (χ3n) is 5.23. The molecule has 3 aromatic rings. The number of hydrogen-bond acceptors (Lipinski definition) is 8. The molecule has 1 unspecified atom stereocenters. The first-order valence-electron chi connectivity index (χ1n) is 9.84. The quantitative estimate of drug-likeness (QED) is 0.609. The van der Waals surface area contributed by atoms with Crippen LogP contribution in [0.15, 0.2) is 33.3 Å². The van der Waals surface area contributed by atoms with E-state index in [1.165, 1.54) is 0 Å². The van der Waals surface area contributed by atoms with Crippen molar-refractivity contribution in [3.63, 3.8) is 0 Å². The SMILES string of the molecule is COc1cccc(-c2noc(C3CN(C(=O)CCc4c(C)noc4C)CCO3)n2)c1. The molecule has 1 atom stereocenters. The van der Waals surface area contributed by atoms with Gasteiger partial charge in [-0.15, -0.1) is 0 Å². The number of rotatable bonds is 6. The summed E-state index contributed by atoms with van der Waals surface area (Å²) in [4.78, 5) is 19.0. The van der Waals surface area contributed by atoms with Crippen LogP contribution in [-0.4, -0.2) is 52.9 Å². The summed E-state index contributed by atoms with van der Waals surface area (Å²) in [5, 5.41) is 8.00. The molecule has 1 saturated heterocycles. The van der Waals surface area contributed by atoms with Gasteiger partial charge in [0.2, 0.25) is 11.7 Å². The molecule has 1 aliphatic heterocycles. The molecule has 0 radical (unpaired) electrons. The fourth-order valence-electron chi connectivity index (χ4n) is 3.52. The van der Waals surface area contributed by atoms with Crippen LogP contribution in [-0.2, 0) is 16.0 Å². The Morgan fingerprint density at radius 1 is 1.27 bits per heavy atom. The predicted molar refractivity (Wildman–Crippen MR) is 106 cm³/mol. The average Bonchev–Trinajstić information content (AvgIpc) is 3.39. The number of hydrogen-bond donors (Lipinski definition) is 0. The predicted octanol–water partition coefficient (Wildman–Crippen LogP) is 2.88. The van der Waals surface area contributed by atoms with Crippen molar-refractivity contribution in [3.05, 3.63) is 47.2 Å². The summed E-state index contributed by atoms with van der Waals surface area (Å²) in [6.45, 7) is 5.07. The minimum Gasteiger partial charge on any atom is -0.497 e. The Labute approximate surface area is 173 Å². The molecule has 9 nitrogen and oxygen atoms in total. The molecule has 1 fully saturated rings. The fraction of sp³-hybridized carbons (Fsp3) is 0.429. The molecule has 0 bridgehead atoms. The van der Waals surface area contributed by atoms with E-state index in [0.717, 1.165) is 22.6 Å². The number of ether oxygens (including phenoxy) is 2. The Bertz CT molecular complexity index is 1010. The molecule has 2 aromatic heterocycles. The lowest BCUT2D eigenvalue weighted by atomic mass is 10.1. The summed E-state index contributed by atoms with van der Waals surface area (Å²) >= 11 is 0. The third kappa shape index (κ3) is 4.20. The lowest BCUT2D eigenvalue weighted by Crippen LogP contribution is -2.42. The van der Waals surface area contributed by atoms with Crippen LogP contribution in [0.25, 0.3) is 11.4 Å². The Morgan fingerprint density at radius 2 is 2.13 bits per heavy atom. The Kier molecular flexibility index (Phi) is 5.80. The lowest BCUT2D eigenvalue weighted by Gasteiger charge is -2.31. The summed E-state index contributed by atoms with van der Waals surface area (Å²) in [7, 11) is 1.61. The second-order valence-corrected chi connectivity index (χ2v) is 7.19. The van der Waals surface area contributed by atoms with E-state index in [2.05, 4.69) is 15.3 Å². The van der Waals surface area contributed by atoms with Gasteiger partial charge in [0.15, 0.2) is 6.10 Å². The van der Waals surface area contributed by atoms with Crippen LogP contribution in [0, 0.1) is 13.8 Å². The highest BCUT2D eigenvalue weighted by atomic mass is 16.5. The molecule has 0 spiro atoms. The molecule has 9 heteroatoms. The molecular formula is C21H24N4O5. The molecule has 1 aromatic carbocycles. The average molecular weight is 412 g/mol. The van der Waals surface area contributed by atoms with Crippen LogP contribution in [0.5, 0.6) is 5.75 Å². The number of carbonyl (C=O) groups is 1. The first kappa shape index (κ1) is 20.1. The minimum atomic E-state index is -0.450. The first-order valence-corrected chi connectivity index (χ1v) is 9.84. The summed E-state index contributed by atoms with van der Waals surface area (Å²) in [6.07, 6.45) is 0.533. The highest BCUT2D eigenvalue weighted by Crippen LogP contribution is 2.26. The molecule has 30 heavy (non-hydrogen) atoms. The largest absolute Gasteiger partial charge is 0.497 e. The monoisotopic (exact) mass is 412 g/mol. The molecule has 0 saturated carbocycles. The van der Waals surface area contributed by atoms with Gasteiger partial charge < -0.3 is 23.4 Å². The number of methoxy groups -OCH3 is 1. The van der Waals surface area contributed by atoms with Gasteiger partial charge >= 0.3 is 0 Å². The van der Waals surface area contributed by atoms with Crippen molar-refractivity contribution in [2.24, 2.45) is 0 Å². The van der Waals surface area contributed by atoms with Crippen molar-refractivity contribution in [2.75, 3.05) is 26.8 Å². The standard InChI is InChI=1S/C21H24N4O5/c1-13-17(14(2)29-23-13)7-8-19(26)25-9-10-28-18(12-25)21-22-20(24-30-21)15-5-4-6-16(11-15)27-3/h4-6,11,18H,7-10,12H2,1-3H3. The van der Waals surface area contributed by atoms with Crippen LogP contribution >= 0.6 is 0 Å². The van der Waals surface area contributed by atoms with Gasteiger partial charge in [0.05, 0.1) is 26.0 Å². The van der Waals surface area contributed by atoms with Crippen molar-refractivity contribution >= 4 is 5.91 Å². The van der Waals surface area contributed by atoms with Crippen LogP contribution in [0.2, 0.25) is 0 Å². The van der Waals surface area contributed by atoms with E-state index >= 15 is 0 Å². The summed E-state index contributed by atoms with van der Waals surface area (Å²) in [6, 6.07) is 7.42. The number of benzene rings is 1. The number of carbonyl (C=O) groups excluding carboxylic acids is 1. The topological polar surface area (TPSA) is 104 Å². The zero-order valence-corrected chi connectivity index (χ0v) is 17.3. The van der Waals surface area contributed by atoms with Gasteiger partial charge in [-0.2, -0.15) is 4.98 Å². The summed E-state index contributed by atoms with van der Waals surface area (Å²) in [5.74, 6) is 2.33. The zero-order chi connectivity index (χ0) is 21.1. The first-order chi connectivity index (χ1) is 14.5. The highest BCUT2D eigenvalue weighted by molar-refractivity contribution is 5.76. The second-order valence-electron chi connectivity index (χ2n) is 7.19. The van der Waals surface area contributed by atoms with Crippen LogP contribution < -0.4 is 4.74 Å². The maximum absolute atomic E-state index is 12.7. The van der Waals surface area contributed by atoms with Crippen molar-refractivity contribution < 1.29 is 23.3 Å². The zero-order valence-electron chi connectivity index (χ0n) is 17.3. The van der Waals surface area contributed by atoms with E-state index in [0.29, 0.717) is 50.0 Å². The number of aryl methyl sites for hydroxylation is 2. The molecule has 158 valence electrons. The highest BCUT2D eigenvalue weighted by Gasteiger charge is 2.29. The van der Waals surface area contributed by atoms with E-state index in [1.54, 1.807) is 12.0 Å². The minimum absolute atomic E-state index is 0.0517. The van der Waals surface area contributed by atoms with E-state index in [9.17, 15) is 4.79 Å². The molecule has 0 aliphatic carbocycles. The number of aromatic nitrogens is 3. The number of morpholine rings is 1. The number of amides is 1. The van der Waals surface area contributed by atoms with Crippen LogP contribution in [0.4, 0.5) is 0 Å².